The molecule has 0 amide bonds. The van der Waals surface area contributed by atoms with Crippen molar-refractivity contribution in [1.82, 2.24) is 0 Å². The van der Waals surface area contributed by atoms with E-state index in [1.54, 1.807) is 18.2 Å². The van der Waals surface area contributed by atoms with Crippen LogP contribution in [-0.4, -0.2) is 19.3 Å². The molecule has 0 fully saturated rings. The largest absolute Gasteiger partial charge is 0.494 e. The van der Waals surface area contributed by atoms with E-state index in [2.05, 4.69) is 4.99 Å². The molecule has 1 aromatic rings. The first-order valence-electron chi connectivity index (χ1n) is 4.79. The quantitative estimate of drug-likeness (QED) is 0.550. The average molecular weight is 207 g/mol. The second kappa shape index (κ2) is 5.83. The summed E-state index contributed by atoms with van der Waals surface area (Å²) in [5.41, 5.74) is 0.468. The fraction of sp³-hybridized carbons (Fsp3) is 0.364. The van der Waals surface area contributed by atoms with Gasteiger partial charge in [-0.05, 0) is 26.0 Å². The van der Waals surface area contributed by atoms with Crippen LogP contribution in [0.5, 0.6) is 11.5 Å². The van der Waals surface area contributed by atoms with Crippen LogP contribution in [0.2, 0.25) is 0 Å². The van der Waals surface area contributed by atoms with Gasteiger partial charge in [0.05, 0.1) is 13.2 Å². The fourth-order valence-corrected chi connectivity index (χ4v) is 1.16. The molecule has 0 aromatic heterocycles. The van der Waals surface area contributed by atoms with Gasteiger partial charge < -0.3 is 9.47 Å². The molecule has 0 heterocycles. The minimum Gasteiger partial charge on any atom is -0.494 e. The van der Waals surface area contributed by atoms with E-state index in [-0.39, 0.29) is 0 Å². The fourth-order valence-electron chi connectivity index (χ4n) is 1.16. The predicted molar refractivity (Wildman–Crippen MR) is 56.6 cm³/mol. The third-order valence-corrected chi connectivity index (χ3v) is 1.71. The summed E-state index contributed by atoms with van der Waals surface area (Å²) in [4.78, 5) is 13.7. The molecule has 1 rings (SSSR count). The van der Waals surface area contributed by atoms with Gasteiger partial charge in [0.15, 0.2) is 0 Å². The molecule has 0 saturated carbocycles. The molecule has 0 radical (unpaired) electrons. The van der Waals surface area contributed by atoms with Crippen LogP contribution in [0.3, 0.4) is 0 Å². The minimum atomic E-state index is 0.468. The highest BCUT2D eigenvalue weighted by molar-refractivity contribution is 5.59. The van der Waals surface area contributed by atoms with Crippen molar-refractivity contribution in [2.24, 2.45) is 4.99 Å². The molecule has 0 bridgehead atoms. The molecule has 0 aliphatic rings. The molecule has 4 heteroatoms. The zero-order valence-electron chi connectivity index (χ0n) is 8.82. The van der Waals surface area contributed by atoms with Crippen molar-refractivity contribution in [2.75, 3.05) is 13.2 Å². The van der Waals surface area contributed by atoms with Gasteiger partial charge in [-0.1, -0.05) is 0 Å². The van der Waals surface area contributed by atoms with Crippen LogP contribution >= 0.6 is 0 Å². The Labute approximate surface area is 88.5 Å². The highest BCUT2D eigenvalue weighted by atomic mass is 16.5. The van der Waals surface area contributed by atoms with Gasteiger partial charge in [0, 0.05) is 6.07 Å². The van der Waals surface area contributed by atoms with Crippen molar-refractivity contribution in [3.05, 3.63) is 18.2 Å². The van der Waals surface area contributed by atoms with Crippen LogP contribution in [0.15, 0.2) is 23.2 Å². The van der Waals surface area contributed by atoms with E-state index in [1.807, 2.05) is 13.8 Å². The zero-order chi connectivity index (χ0) is 11.1. The van der Waals surface area contributed by atoms with E-state index in [9.17, 15) is 4.79 Å². The van der Waals surface area contributed by atoms with Crippen molar-refractivity contribution in [3.8, 4) is 11.5 Å². The van der Waals surface area contributed by atoms with Gasteiger partial charge in [0.2, 0.25) is 6.08 Å². The van der Waals surface area contributed by atoms with Gasteiger partial charge in [0.25, 0.3) is 0 Å². The minimum absolute atomic E-state index is 0.468. The standard InChI is InChI=1S/C11H13NO3/c1-3-14-9-5-6-10(12-8-13)11(7-9)15-4-2/h5-7H,3-4H2,1-2H3. The zero-order valence-corrected chi connectivity index (χ0v) is 8.82. The molecule has 1 aromatic carbocycles. The molecule has 0 spiro atoms. The van der Waals surface area contributed by atoms with Crippen LogP contribution in [0.25, 0.3) is 0 Å². The van der Waals surface area contributed by atoms with Crippen LogP contribution in [0, 0.1) is 0 Å². The van der Waals surface area contributed by atoms with Gasteiger partial charge in [-0.2, -0.15) is 4.99 Å². The summed E-state index contributed by atoms with van der Waals surface area (Å²) >= 11 is 0. The van der Waals surface area contributed by atoms with E-state index in [4.69, 9.17) is 9.47 Å². The number of rotatable bonds is 5. The first kappa shape index (κ1) is 11.3. The first-order valence-corrected chi connectivity index (χ1v) is 4.79. The Balaban J connectivity index is 3.02. The Kier molecular flexibility index (Phi) is 4.38. The smallest absolute Gasteiger partial charge is 0.240 e. The van der Waals surface area contributed by atoms with E-state index in [1.165, 1.54) is 6.08 Å². The lowest BCUT2D eigenvalue weighted by atomic mass is 10.3. The summed E-state index contributed by atoms with van der Waals surface area (Å²) < 4.78 is 10.6. The normalized spacial score (nSPS) is 9.20. The molecular formula is C11H13NO3. The van der Waals surface area contributed by atoms with Crippen molar-refractivity contribution in [2.45, 2.75) is 13.8 Å². The maximum Gasteiger partial charge on any atom is 0.240 e. The molecule has 0 unspecified atom stereocenters. The van der Waals surface area contributed by atoms with E-state index < -0.39 is 0 Å². The number of carbonyl (C=O) groups excluding carboxylic acids is 1. The van der Waals surface area contributed by atoms with E-state index >= 15 is 0 Å². The van der Waals surface area contributed by atoms with Crippen molar-refractivity contribution < 1.29 is 14.3 Å². The lowest BCUT2D eigenvalue weighted by Gasteiger charge is -2.08. The molecule has 15 heavy (non-hydrogen) atoms. The third-order valence-electron chi connectivity index (χ3n) is 1.71. The second-order valence-electron chi connectivity index (χ2n) is 2.70. The topological polar surface area (TPSA) is 47.9 Å². The number of isocyanates is 1. The van der Waals surface area contributed by atoms with Crippen LogP contribution in [0.4, 0.5) is 5.69 Å². The predicted octanol–water partition coefficient (Wildman–Crippen LogP) is 2.45. The Morgan fingerprint density at radius 3 is 2.60 bits per heavy atom. The van der Waals surface area contributed by atoms with Gasteiger partial charge in [-0.25, -0.2) is 4.79 Å². The van der Waals surface area contributed by atoms with Crippen molar-refractivity contribution >= 4 is 11.8 Å². The van der Waals surface area contributed by atoms with Gasteiger partial charge in [-0.3, -0.25) is 0 Å². The Hall–Kier alpha value is -1.80. The number of hydrogen-bond donors (Lipinski definition) is 0. The van der Waals surface area contributed by atoms with E-state index in [0.717, 1.165) is 0 Å². The molecule has 4 nitrogen and oxygen atoms in total. The Morgan fingerprint density at radius 2 is 2.00 bits per heavy atom. The summed E-state index contributed by atoms with van der Waals surface area (Å²) in [6.45, 7) is 4.86. The number of nitrogens with zero attached hydrogens (tertiary/aromatic N) is 1. The maximum absolute atomic E-state index is 10.2. The van der Waals surface area contributed by atoms with E-state index in [0.29, 0.717) is 30.4 Å². The highest BCUT2D eigenvalue weighted by Gasteiger charge is 2.04. The number of aliphatic imine (C=N–C) groups is 1. The number of ether oxygens (including phenoxy) is 2. The Morgan fingerprint density at radius 1 is 1.27 bits per heavy atom. The molecule has 0 atom stereocenters. The SMILES string of the molecule is CCOc1ccc(N=C=O)c(OCC)c1. The van der Waals surface area contributed by atoms with Gasteiger partial charge in [0.1, 0.15) is 17.2 Å². The molecular weight excluding hydrogens is 194 g/mol. The van der Waals surface area contributed by atoms with Crippen LogP contribution in [0.1, 0.15) is 13.8 Å². The second-order valence-corrected chi connectivity index (χ2v) is 2.70. The van der Waals surface area contributed by atoms with Crippen LogP contribution in [-0.2, 0) is 4.79 Å². The van der Waals surface area contributed by atoms with Crippen molar-refractivity contribution in [1.29, 1.82) is 0 Å². The summed E-state index contributed by atoms with van der Waals surface area (Å²) in [5.74, 6) is 1.23. The average Bonchev–Trinajstić information content (AvgIpc) is 2.23. The molecule has 0 saturated heterocycles. The first-order chi connectivity index (χ1) is 7.31. The molecule has 0 aliphatic carbocycles. The summed E-state index contributed by atoms with van der Waals surface area (Å²) in [5, 5.41) is 0. The Bertz CT molecular complexity index is 370. The summed E-state index contributed by atoms with van der Waals surface area (Å²) in [7, 11) is 0. The van der Waals surface area contributed by atoms with Crippen LogP contribution < -0.4 is 9.47 Å². The van der Waals surface area contributed by atoms with Gasteiger partial charge in [-0.15, -0.1) is 0 Å². The van der Waals surface area contributed by atoms with Gasteiger partial charge >= 0.3 is 0 Å². The molecule has 0 aliphatic heterocycles. The lowest BCUT2D eigenvalue weighted by Crippen LogP contribution is -1.95. The molecule has 80 valence electrons. The number of hydrogen-bond acceptors (Lipinski definition) is 4. The summed E-state index contributed by atoms with van der Waals surface area (Å²) in [6.07, 6.45) is 1.49. The lowest BCUT2D eigenvalue weighted by molar-refractivity contribution is 0.324. The third kappa shape index (κ3) is 3.11. The summed E-state index contributed by atoms with van der Waals surface area (Å²) in [6, 6.07) is 5.12. The number of benzene rings is 1. The van der Waals surface area contributed by atoms with Crippen molar-refractivity contribution in [3.63, 3.8) is 0 Å². The highest BCUT2D eigenvalue weighted by Crippen LogP contribution is 2.31. The maximum atomic E-state index is 10.2. The monoisotopic (exact) mass is 207 g/mol. The molecule has 0 N–H and O–H groups in total.